The molecule has 6 nitrogen and oxygen atoms in total. The van der Waals surface area contributed by atoms with Crippen molar-refractivity contribution in [2.24, 2.45) is 5.92 Å². The third kappa shape index (κ3) is 4.75. The van der Waals surface area contributed by atoms with Gasteiger partial charge in [0.25, 0.3) is 0 Å². The molecule has 2 atom stereocenters. The van der Waals surface area contributed by atoms with Crippen molar-refractivity contribution in [3.63, 3.8) is 0 Å². The van der Waals surface area contributed by atoms with Crippen LogP contribution in [-0.2, 0) is 9.53 Å². The first kappa shape index (κ1) is 14.5. The molecular formula is C12H20N2O4. The summed E-state index contributed by atoms with van der Waals surface area (Å²) in [6, 6.07) is -0.344. The number of carbonyl (C=O) groups is 2. The summed E-state index contributed by atoms with van der Waals surface area (Å²) >= 11 is 0. The molecule has 1 aliphatic heterocycles. The lowest BCUT2D eigenvalue weighted by Gasteiger charge is -2.19. The van der Waals surface area contributed by atoms with Gasteiger partial charge in [0.05, 0.1) is 12.5 Å². The number of hydrogen-bond donors (Lipinski definition) is 3. The first-order chi connectivity index (χ1) is 8.50. The van der Waals surface area contributed by atoms with Crippen molar-refractivity contribution in [1.82, 2.24) is 10.6 Å². The van der Waals surface area contributed by atoms with E-state index in [4.69, 9.17) is 9.84 Å². The van der Waals surface area contributed by atoms with Crippen LogP contribution in [0.1, 0.15) is 19.8 Å². The minimum Gasteiger partial charge on any atom is -0.481 e. The van der Waals surface area contributed by atoms with Crippen molar-refractivity contribution < 1.29 is 19.4 Å². The monoisotopic (exact) mass is 256 g/mol. The number of amides is 2. The van der Waals surface area contributed by atoms with Crippen LogP contribution in [0.5, 0.6) is 0 Å². The quantitative estimate of drug-likeness (QED) is 0.612. The number of hydrogen-bond acceptors (Lipinski definition) is 3. The predicted octanol–water partition coefficient (Wildman–Crippen LogP) is 0.741. The Hall–Kier alpha value is -1.56. The van der Waals surface area contributed by atoms with Crippen molar-refractivity contribution in [3.05, 3.63) is 12.2 Å². The molecule has 0 bridgehead atoms. The maximum Gasteiger partial charge on any atom is 0.314 e. The van der Waals surface area contributed by atoms with Gasteiger partial charge in [-0.2, -0.15) is 0 Å². The van der Waals surface area contributed by atoms with E-state index in [-0.39, 0.29) is 31.0 Å². The van der Waals surface area contributed by atoms with E-state index in [0.29, 0.717) is 13.2 Å². The van der Waals surface area contributed by atoms with E-state index >= 15 is 0 Å². The Morgan fingerprint density at radius 1 is 1.44 bits per heavy atom. The molecule has 0 aromatic rings. The fourth-order valence-corrected chi connectivity index (χ4v) is 1.96. The van der Waals surface area contributed by atoms with Crippen molar-refractivity contribution >= 4 is 12.0 Å². The number of ether oxygens (including phenoxy) is 1. The molecule has 18 heavy (non-hydrogen) atoms. The lowest BCUT2D eigenvalue weighted by atomic mass is 9.97. The van der Waals surface area contributed by atoms with Gasteiger partial charge in [0.15, 0.2) is 0 Å². The molecule has 0 spiro atoms. The van der Waals surface area contributed by atoms with E-state index in [1.807, 2.05) is 6.92 Å². The number of urea groups is 1. The van der Waals surface area contributed by atoms with Crippen molar-refractivity contribution in [3.8, 4) is 0 Å². The minimum absolute atomic E-state index is 0.00400. The smallest absolute Gasteiger partial charge is 0.314 e. The van der Waals surface area contributed by atoms with Gasteiger partial charge >= 0.3 is 12.0 Å². The normalized spacial score (nSPS) is 22.5. The Morgan fingerprint density at radius 3 is 2.78 bits per heavy atom. The third-order valence-corrected chi connectivity index (χ3v) is 2.85. The summed E-state index contributed by atoms with van der Waals surface area (Å²) in [6.07, 6.45) is 0.825. The number of carboxylic acid groups (broad SMARTS) is 1. The summed E-state index contributed by atoms with van der Waals surface area (Å²) in [5, 5.41) is 13.6. The number of carbonyl (C=O) groups excluding carboxylic acids is 1. The summed E-state index contributed by atoms with van der Waals surface area (Å²) in [4.78, 5) is 21.6. The number of nitrogens with one attached hydrogen (secondary N) is 2. The highest BCUT2D eigenvalue weighted by molar-refractivity contribution is 5.74. The van der Waals surface area contributed by atoms with Gasteiger partial charge < -0.3 is 20.5 Å². The summed E-state index contributed by atoms with van der Waals surface area (Å²) in [5.74, 6) is -0.686. The SMILES string of the molecule is C=C(C)C1OCCC1CNC(=O)NCCC(=O)O. The molecule has 6 heteroatoms. The molecule has 102 valence electrons. The zero-order chi connectivity index (χ0) is 13.5. The van der Waals surface area contributed by atoms with E-state index in [2.05, 4.69) is 17.2 Å². The second kappa shape index (κ2) is 7.00. The lowest BCUT2D eigenvalue weighted by Crippen LogP contribution is -2.40. The molecule has 1 heterocycles. The average molecular weight is 256 g/mol. The van der Waals surface area contributed by atoms with Gasteiger partial charge in [0, 0.05) is 25.6 Å². The molecule has 0 radical (unpaired) electrons. The second-order valence-corrected chi connectivity index (χ2v) is 4.47. The van der Waals surface area contributed by atoms with Crippen molar-refractivity contribution in [2.75, 3.05) is 19.7 Å². The molecular weight excluding hydrogens is 236 g/mol. The van der Waals surface area contributed by atoms with Crippen LogP contribution in [0, 0.1) is 5.92 Å². The fraction of sp³-hybridized carbons (Fsp3) is 0.667. The zero-order valence-corrected chi connectivity index (χ0v) is 10.6. The molecule has 0 saturated carbocycles. The van der Waals surface area contributed by atoms with Crippen LogP contribution in [0.3, 0.4) is 0 Å². The molecule has 0 aromatic carbocycles. The van der Waals surface area contributed by atoms with Gasteiger partial charge in [-0.25, -0.2) is 4.79 Å². The van der Waals surface area contributed by atoms with E-state index in [1.54, 1.807) is 0 Å². The van der Waals surface area contributed by atoms with Crippen molar-refractivity contribution in [1.29, 1.82) is 0 Å². The maximum absolute atomic E-state index is 11.4. The highest BCUT2D eigenvalue weighted by Gasteiger charge is 2.28. The molecule has 1 aliphatic rings. The topological polar surface area (TPSA) is 87.7 Å². The van der Waals surface area contributed by atoms with Crippen LogP contribution in [0.15, 0.2) is 12.2 Å². The predicted molar refractivity (Wildman–Crippen MR) is 66.3 cm³/mol. The Labute approximate surface area is 106 Å². The molecule has 2 unspecified atom stereocenters. The van der Waals surface area contributed by atoms with E-state index in [9.17, 15) is 9.59 Å². The van der Waals surface area contributed by atoms with Gasteiger partial charge in [-0.05, 0) is 13.3 Å². The molecule has 2 amide bonds. The third-order valence-electron chi connectivity index (χ3n) is 2.85. The highest BCUT2D eigenvalue weighted by Crippen LogP contribution is 2.24. The van der Waals surface area contributed by atoms with Gasteiger partial charge in [-0.1, -0.05) is 12.2 Å². The van der Waals surface area contributed by atoms with Crippen LogP contribution in [0.25, 0.3) is 0 Å². The second-order valence-electron chi connectivity index (χ2n) is 4.47. The summed E-state index contributed by atoms with van der Waals surface area (Å²) in [5.41, 5.74) is 0.964. The Morgan fingerprint density at radius 2 is 2.17 bits per heavy atom. The van der Waals surface area contributed by atoms with E-state index < -0.39 is 5.97 Å². The maximum atomic E-state index is 11.4. The van der Waals surface area contributed by atoms with E-state index in [1.165, 1.54) is 0 Å². The van der Waals surface area contributed by atoms with Crippen LogP contribution in [0.4, 0.5) is 4.79 Å². The van der Waals surface area contributed by atoms with Crippen LogP contribution >= 0.6 is 0 Å². The Kier molecular flexibility index (Phi) is 5.64. The summed E-state index contributed by atoms with van der Waals surface area (Å²) in [6.45, 7) is 7.10. The first-order valence-electron chi connectivity index (χ1n) is 6.01. The molecule has 3 N–H and O–H groups in total. The van der Waals surface area contributed by atoms with Gasteiger partial charge in [0.2, 0.25) is 0 Å². The summed E-state index contributed by atoms with van der Waals surface area (Å²) < 4.78 is 5.52. The summed E-state index contributed by atoms with van der Waals surface area (Å²) in [7, 11) is 0. The average Bonchev–Trinajstić information content (AvgIpc) is 2.74. The minimum atomic E-state index is -0.929. The molecule has 0 aromatic heterocycles. The molecule has 1 rings (SSSR count). The lowest BCUT2D eigenvalue weighted by molar-refractivity contribution is -0.136. The van der Waals surface area contributed by atoms with Gasteiger partial charge in [0.1, 0.15) is 0 Å². The molecule has 1 fully saturated rings. The number of rotatable bonds is 6. The van der Waals surface area contributed by atoms with E-state index in [0.717, 1.165) is 12.0 Å². The van der Waals surface area contributed by atoms with Gasteiger partial charge in [-0.15, -0.1) is 0 Å². The number of aliphatic carboxylic acids is 1. The van der Waals surface area contributed by atoms with Crippen LogP contribution < -0.4 is 10.6 Å². The Balaban J connectivity index is 2.21. The largest absolute Gasteiger partial charge is 0.481 e. The van der Waals surface area contributed by atoms with Gasteiger partial charge in [-0.3, -0.25) is 4.79 Å². The molecule has 1 saturated heterocycles. The highest BCUT2D eigenvalue weighted by atomic mass is 16.5. The van der Waals surface area contributed by atoms with Crippen LogP contribution in [-0.4, -0.2) is 42.9 Å². The Bertz CT molecular complexity index is 330. The number of carboxylic acids is 1. The standard InChI is InChI=1S/C12H20N2O4/c1-8(2)11-9(4-6-18-11)7-14-12(17)13-5-3-10(15)16/h9,11H,1,3-7H2,2H3,(H,15,16)(H2,13,14,17). The van der Waals surface area contributed by atoms with Crippen LogP contribution in [0.2, 0.25) is 0 Å². The molecule has 0 aliphatic carbocycles. The zero-order valence-electron chi connectivity index (χ0n) is 10.6. The van der Waals surface area contributed by atoms with Crippen molar-refractivity contribution in [2.45, 2.75) is 25.9 Å². The first-order valence-corrected chi connectivity index (χ1v) is 6.01. The fourth-order valence-electron chi connectivity index (χ4n) is 1.96.